The largest absolute Gasteiger partial charge is 0.360 e. The Morgan fingerprint density at radius 3 is 2.62 bits per heavy atom. The lowest BCUT2D eigenvalue weighted by Crippen LogP contribution is -2.30. The summed E-state index contributed by atoms with van der Waals surface area (Å²) in [5, 5.41) is 6.07. The van der Waals surface area contributed by atoms with E-state index in [-0.39, 0.29) is 5.69 Å². The SMILES string of the molecule is Fc1cc(F)c(NC(=S)NC2CC2)c(Br)c1. The molecular weight excluding hydrogens is 298 g/mol. The van der Waals surface area contributed by atoms with Crippen LogP contribution in [-0.2, 0) is 0 Å². The van der Waals surface area contributed by atoms with Crippen LogP contribution in [0.15, 0.2) is 16.6 Å². The Balaban J connectivity index is 2.10. The normalized spacial score (nSPS) is 14.7. The Morgan fingerprint density at radius 2 is 2.06 bits per heavy atom. The molecule has 2 rings (SSSR count). The van der Waals surface area contributed by atoms with Gasteiger partial charge >= 0.3 is 0 Å². The minimum Gasteiger partial charge on any atom is -0.360 e. The van der Waals surface area contributed by atoms with E-state index in [1.165, 1.54) is 6.07 Å². The van der Waals surface area contributed by atoms with Crippen LogP contribution < -0.4 is 10.6 Å². The zero-order chi connectivity index (χ0) is 11.7. The Labute approximate surface area is 106 Å². The van der Waals surface area contributed by atoms with Gasteiger partial charge < -0.3 is 10.6 Å². The summed E-state index contributed by atoms with van der Waals surface area (Å²) in [6, 6.07) is 2.39. The van der Waals surface area contributed by atoms with Gasteiger partial charge in [0, 0.05) is 16.6 Å². The van der Waals surface area contributed by atoms with Crippen LogP contribution in [0.2, 0.25) is 0 Å². The molecule has 0 saturated heterocycles. The summed E-state index contributed by atoms with van der Waals surface area (Å²) < 4.78 is 26.5. The molecular formula is C10H9BrF2N2S. The molecule has 1 aromatic rings. The van der Waals surface area contributed by atoms with E-state index in [0.717, 1.165) is 18.9 Å². The van der Waals surface area contributed by atoms with E-state index in [1.807, 2.05) is 0 Å². The number of hydrogen-bond donors (Lipinski definition) is 2. The number of thiocarbonyl (C=S) groups is 1. The molecule has 6 heteroatoms. The monoisotopic (exact) mass is 306 g/mol. The average molecular weight is 307 g/mol. The minimum atomic E-state index is -0.674. The number of halogens is 3. The highest BCUT2D eigenvalue weighted by Crippen LogP contribution is 2.27. The molecule has 1 saturated carbocycles. The second-order valence-corrected chi connectivity index (χ2v) is 4.88. The fraction of sp³-hybridized carbons (Fsp3) is 0.300. The van der Waals surface area contributed by atoms with Crippen molar-refractivity contribution in [3.05, 3.63) is 28.2 Å². The molecule has 0 heterocycles. The van der Waals surface area contributed by atoms with Crippen LogP contribution in [0, 0.1) is 11.6 Å². The van der Waals surface area contributed by atoms with Crippen molar-refractivity contribution in [1.82, 2.24) is 5.32 Å². The molecule has 0 unspecified atom stereocenters. The highest BCUT2D eigenvalue weighted by atomic mass is 79.9. The van der Waals surface area contributed by atoms with Crippen molar-refractivity contribution in [3.8, 4) is 0 Å². The van der Waals surface area contributed by atoms with Gasteiger partial charge in [0.1, 0.15) is 5.82 Å². The smallest absolute Gasteiger partial charge is 0.171 e. The van der Waals surface area contributed by atoms with Crippen LogP contribution >= 0.6 is 28.1 Å². The zero-order valence-electron chi connectivity index (χ0n) is 8.19. The molecule has 0 radical (unpaired) electrons. The van der Waals surface area contributed by atoms with Gasteiger partial charge in [0.15, 0.2) is 10.9 Å². The van der Waals surface area contributed by atoms with Gasteiger partial charge in [-0.1, -0.05) is 0 Å². The highest BCUT2D eigenvalue weighted by Gasteiger charge is 2.22. The van der Waals surface area contributed by atoms with Crippen molar-refractivity contribution in [2.75, 3.05) is 5.32 Å². The summed E-state index contributed by atoms with van der Waals surface area (Å²) in [6.07, 6.45) is 2.16. The maximum atomic E-state index is 13.4. The third kappa shape index (κ3) is 2.89. The molecule has 2 N–H and O–H groups in total. The third-order valence-electron chi connectivity index (χ3n) is 2.16. The van der Waals surface area contributed by atoms with Gasteiger partial charge in [-0.05, 0) is 47.1 Å². The Bertz CT molecular complexity index is 412. The van der Waals surface area contributed by atoms with Crippen LogP contribution in [0.5, 0.6) is 0 Å². The quantitative estimate of drug-likeness (QED) is 0.821. The Hall–Kier alpha value is -0.750. The summed E-state index contributed by atoms with van der Waals surface area (Å²) in [4.78, 5) is 0. The molecule has 1 fully saturated rings. The van der Waals surface area contributed by atoms with E-state index in [4.69, 9.17) is 12.2 Å². The number of hydrogen-bond acceptors (Lipinski definition) is 1. The van der Waals surface area contributed by atoms with E-state index in [9.17, 15) is 8.78 Å². The second kappa shape index (κ2) is 4.63. The van der Waals surface area contributed by atoms with Crippen molar-refractivity contribution in [3.63, 3.8) is 0 Å². The van der Waals surface area contributed by atoms with Crippen LogP contribution in [0.4, 0.5) is 14.5 Å². The minimum absolute atomic E-state index is 0.152. The number of rotatable bonds is 2. The zero-order valence-corrected chi connectivity index (χ0v) is 10.6. The van der Waals surface area contributed by atoms with Crippen molar-refractivity contribution >= 4 is 38.9 Å². The fourth-order valence-electron chi connectivity index (χ4n) is 1.22. The lowest BCUT2D eigenvalue weighted by Gasteiger charge is -2.12. The second-order valence-electron chi connectivity index (χ2n) is 3.62. The molecule has 0 aliphatic heterocycles. The van der Waals surface area contributed by atoms with Crippen LogP contribution in [0.3, 0.4) is 0 Å². The first-order chi connectivity index (χ1) is 7.56. The number of benzene rings is 1. The molecule has 86 valence electrons. The van der Waals surface area contributed by atoms with Crippen LogP contribution in [0.25, 0.3) is 0 Å². The summed E-state index contributed by atoms with van der Waals surface area (Å²) >= 11 is 8.08. The molecule has 0 bridgehead atoms. The third-order valence-corrected chi connectivity index (χ3v) is 3.00. The molecule has 16 heavy (non-hydrogen) atoms. The van der Waals surface area contributed by atoms with Crippen LogP contribution in [0.1, 0.15) is 12.8 Å². The summed E-state index contributed by atoms with van der Waals surface area (Å²) in [7, 11) is 0. The standard InChI is InChI=1S/C10H9BrF2N2S/c11-7-3-5(12)4-8(13)9(7)15-10(16)14-6-1-2-6/h3-4,6H,1-2H2,(H2,14,15,16). The van der Waals surface area contributed by atoms with E-state index in [2.05, 4.69) is 26.6 Å². The maximum absolute atomic E-state index is 13.4. The molecule has 1 aliphatic rings. The predicted molar refractivity (Wildman–Crippen MR) is 66.4 cm³/mol. The van der Waals surface area contributed by atoms with Crippen molar-refractivity contribution in [2.24, 2.45) is 0 Å². The van der Waals surface area contributed by atoms with Crippen molar-refractivity contribution in [2.45, 2.75) is 18.9 Å². The van der Waals surface area contributed by atoms with E-state index >= 15 is 0 Å². The summed E-state index contributed by atoms with van der Waals surface area (Å²) in [6.45, 7) is 0. The fourth-order valence-corrected chi connectivity index (χ4v) is 2.00. The maximum Gasteiger partial charge on any atom is 0.171 e. The van der Waals surface area contributed by atoms with Crippen molar-refractivity contribution < 1.29 is 8.78 Å². The molecule has 0 aromatic heterocycles. The van der Waals surface area contributed by atoms with Gasteiger partial charge in [0.25, 0.3) is 0 Å². The van der Waals surface area contributed by atoms with E-state index < -0.39 is 11.6 Å². The van der Waals surface area contributed by atoms with Gasteiger partial charge in [-0.15, -0.1) is 0 Å². The molecule has 0 spiro atoms. The Kier molecular flexibility index (Phi) is 3.39. The van der Waals surface area contributed by atoms with Gasteiger partial charge in [0.05, 0.1) is 5.69 Å². The number of nitrogens with one attached hydrogen (secondary N) is 2. The van der Waals surface area contributed by atoms with E-state index in [1.54, 1.807) is 0 Å². The Morgan fingerprint density at radius 1 is 1.38 bits per heavy atom. The molecule has 2 nitrogen and oxygen atoms in total. The summed E-state index contributed by atoms with van der Waals surface area (Å²) in [5.74, 6) is -1.30. The molecule has 0 atom stereocenters. The lowest BCUT2D eigenvalue weighted by molar-refractivity contribution is 0.585. The first-order valence-corrected chi connectivity index (χ1v) is 5.98. The average Bonchev–Trinajstić information content (AvgIpc) is 2.95. The molecule has 0 amide bonds. The number of anilines is 1. The predicted octanol–water partition coefficient (Wildman–Crippen LogP) is 3.18. The topological polar surface area (TPSA) is 24.1 Å². The van der Waals surface area contributed by atoms with Gasteiger partial charge in [0.2, 0.25) is 0 Å². The van der Waals surface area contributed by atoms with Gasteiger partial charge in [-0.3, -0.25) is 0 Å². The first kappa shape index (κ1) is 11.7. The molecule has 1 aliphatic carbocycles. The van der Waals surface area contributed by atoms with E-state index in [0.29, 0.717) is 15.6 Å². The summed E-state index contributed by atoms with van der Waals surface area (Å²) in [5.41, 5.74) is 0.152. The van der Waals surface area contributed by atoms with Crippen LogP contribution in [-0.4, -0.2) is 11.2 Å². The lowest BCUT2D eigenvalue weighted by atomic mass is 10.3. The molecule has 1 aromatic carbocycles. The van der Waals surface area contributed by atoms with Gasteiger partial charge in [-0.25, -0.2) is 8.78 Å². The highest BCUT2D eigenvalue weighted by molar-refractivity contribution is 9.10. The van der Waals surface area contributed by atoms with Crippen molar-refractivity contribution in [1.29, 1.82) is 0 Å². The first-order valence-electron chi connectivity index (χ1n) is 4.78. The van der Waals surface area contributed by atoms with Gasteiger partial charge in [-0.2, -0.15) is 0 Å².